The van der Waals surface area contributed by atoms with Crippen LogP contribution in [-0.4, -0.2) is 17.4 Å². The van der Waals surface area contributed by atoms with Crippen molar-refractivity contribution >= 4 is 40.4 Å². The van der Waals surface area contributed by atoms with Gasteiger partial charge in [-0.3, -0.25) is 10.4 Å². The molecule has 2 aromatic carbocycles. The van der Waals surface area contributed by atoms with Crippen LogP contribution in [0, 0.1) is 5.41 Å². The lowest BCUT2D eigenvalue weighted by molar-refractivity contribution is 0.847. The van der Waals surface area contributed by atoms with E-state index in [1.54, 1.807) is 30.5 Å². The van der Waals surface area contributed by atoms with Crippen LogP contribution < -0.4 is 16.9 Å². The van der Waals surface area contributed by atoms with Crippen LogP contribution in [0.15, 0.2) is 77.2 Å². The van der Waals surface area contributed by atoms with E-state index in [4.69, 9.17) is 40.2 Å². The quantitative estimate of drug-likeness (QED) is 0.136. The predicted molar refractivity (Wildman–Crippen MR) is 126 cm³/mol. The summed E-state index contributed by atoms with van der Waals surface area (Å²) in [5.74, 6) is 4.97. The largest absolute Gasteiger partial charge is 0.395 e. The van der Waals surface area contributed by atoms with E-state index in [2.05, 4.69) is 20.6 Å². The lowest BCUT2D eigenvalue weighted by atomic mass is 10.1. The molecule has 0 saturated carbocycles. The van der Waals surface area contributed by atoms with E-state index in [0.29, 0.717) is 40.6 Å². The van der Waals surface area contributed by atoms with Gasteiger partial charge in [-0.25, -0.2) is 0 Å². The molecule has 3 rings (SSSR count). The number of aromatic nitrogens is 1. The van der Waals surface area contributed by atoms with Gasteiger partial charge in [0.1, 0.15) is 0 Å². The van der Waals surface area contributed by atoms with Crippen molar-refractivity contribution in [2.24, 2.45) is 21.9 Å². The Labute approximate surface area is 190 Å². The average molecular weight is 454 g/mol. The van der Waals surface area contributed by atoms with Crippen molar-refractivity contribution in [2.75, 3.05) is 6.54 Å². The van der Waals surface area contributed by atoms with Gasteiger partial charge in [-0.1, -0.05) is 58.8 Å². The first-order chi connectivity index (χ1) is 15.0. The first kappa shape index (κ1) is 22.3. The van der Waals surface area contributed by atoms with Crippen molar-refractivity contribution in [1.82, 2.24) is 10.3 Å². The molecule has 0 aliphatic rings. The number of rotatable bonds is 7. The van der Waals surface area contributed by atoms with E-state index in [1.807, 2.05) is 36.4 Å². The fraction of sp³-hybridized carbons (Fsp3) is 0.0909. The Bertz CT molecular complexity index is 1120. The molecule has 0 fully saturated rings. The SMILES string of the molecule is N=C(/N=N\N)c1ccnc(/C(N)=C(/NCCc2ccccc2Cl)c2ccc(Cl)cc2)c1. The first-order valence-electron chi connectivity index (χ1n) is 9.39. The summed E-state index contributed by atoms with van der Waals surface area (Å²) in [7, 11) is 0. The smallest absolute Gasteiger partial charge is 0.176 e. The highest BCUT2D eigenvalue weighted by molar-refractivity contribution is 6.31. The van der Waals surface area contributed by atoms with Crippen LogP contribution in [0.1, 0.15) is 22.4 Å². The molecule has 0 amide bonds. The maximum absolute atomic E-state index is 7.92. The second kappa shape index (κ2) is 10.6. The zero-order valence-corrected chi connectivity index (χ0v) is 18.0. The second-order valence-electron chi connectivity index (χ2n) is 6.56. The van der Waals surface area contributed by atoms with Crippen LogP contribution in [0.5, 0.6) is 0 Å². The highest BCUT2D eigenvalue weighted by atomic mass is 35.5. The molecule has 1 heterocycles. The number of halogens is 2. The molecule has 3 aromatic rings. The van der Waals surface area contributed by atoms with Gasteiger partial charge < -0.3 is 16.9 Å². The lowest BCUT2D eigenvalue weighted by Crippen LogP contribution is -2.20. The number of hydrogen-bond donors (Lipinski definition) is 4. The third-order valence-corrected chi connectivity index (χ3v) is 5.14. The van der Waals surface area contributed by atoms with Gasteiger partial charge >= 0.3 is 0 Å². The summed E-state index contributed by atoms with van der Waals surface area (Å²) >= 11 is 12.3. The zero-order chi connectivity index (χ0) is 22.2. The van der Waals surface area contributed by atoms with E-state index < -0.39 is 0 Å². The monoisotopic (exact) mass is 453 g/mol. The fourth-order valence-corrected chi connectivity index (χ4v) is 3.32. The van der Waals surface area contributed by atoms with Gasteiger partial charge in [0, 0.05) is 28.4 Å². The molecular formula is C22H21Cl2N7. The van der Waals surface area contributed by atoms with E-state index in [1.165, 1.54) is 0 Å². The van der Waals surface area contributed by atoms with E-state index in [0.717, 1.165) is 16.1 Å². The highest BCUT2D eigenvalue weighted by Gasteiger charge is 2.12. The van der Waals surface area contributed by atoms with Gasteiger partial charge in [0.15, 0.2) is 5.84 Å². The number of amidine groups is 1. The van der Waals surface area contributed by atoms with Gasteiger partial charge in [0.25, 0.3) is 0 Å². The van der Waals surface area contributed by atoms with Gasteiger partial charge in [-0.15, -0.1) is 5.11 Å². The summed E-state index contributed by atoms with van der Waals surface area (Å²) in [5, 5.41) is 19.4. The zero-order valence-electron chi connectivity index (χ0n) is 16.5. The Morgan fingerprint density at radius 3 is 2.48 bits per heavy atom. The van der Waals surface area contributed by atoms with Crippen LogP contribution in [0.4, 0.5) is 0 Å². The minimum absolute atomic E-state index is 0.0846. The Morgan fingerprint density at radius 2 is 1.77 bits per heavy atom. The predicted octanol–water partition coefficient (Wildman–Crippen LogP) is 4.66. The molecule has 0 spiro atoms. The molecular weight excluding hydrogens is 433 g/mol. The van der Waals surface area contributed by atoms with Gasteiger partial charge in [0.05, 0.1) is 17.1 Å². The summed E-state index contributed by atoms with van der Waals surface area (Å²) in [4.78, 5) is 4.36. The lowest BCUT2D eigenvalue weighted by Gasteiger charge is -2.16. The molecule has 0 aliphatic heterocycles. The molecule has 158 valence electrons. The van der Waals surface area contributed by atoms with Crippen molar-refractivity contribution < 1.29 is 0 Å². The van der Waals surface area contributed by atoms with E-state index in [-0.39, 0.29) is 5.84 Å². The minimum Gasteiger partial charge on any atom is -0.395 e. The number of nitrogens with one attached hydrogen (secondary N) is 2. The fourth-order valence-electron chi connectivity index (χ4n) is 2.96. The van der Waals surface area contributed by atoms with E-state index in [9.17, 15) is 0 Å². The molecule has 1 aromatic heterocycles. The summed E-state index contributed by atoms with van der Waals surface area (Å²) < 4.78 is 0. The molecule has 9 heteroatoms. The molecule has 6 N–H and O–H groups in total. The standard InChI is InChI=1S/C22H21Cl2N7/c23-17-7-5-15(6-8-17)21(29-12-9-14-3-1-2-4-18(14)24)20(25)19-13-16(10-11-28-19)22(26)30-31-27/h1-8,10-11,13,29H,9,12,25H2,(H3,26,27,30)/b21-20-. The van der Waals surface area contributed by atoms with Crippen molar-refractivity contribution in [3.05, 3.63) is 99.3 Å². The normalized spacial score (nSPS) is 11.9. The average Bonchev–Trinajstić information content (AvgIpc) is 2.78. The third-order valence-electron chi connectivity index (χ3n) is 4.52. The van der Waals surface area contributed by atoms with Crippen molar-refractivity contribution in [1.29, 1.82) is 5.41 Å². The van der Waals surface area contributed by atoms with Gasteiger partial charge in [-0.2, -0.15) is 0 Å². The second-order valence-corrected chi connectivity index (χ2v) is 7.40. The summed E-state index contributed by atoms with van der Waals surface area (Å²) in [6.07, 6.45) is 2.26. The van der Waals surface area contributed by atoms with Crippen LogP contribution in [0.25, 0.3) is 11.4 Å². The number of pyridine rings is 1. The maximum Gasteiger partial charge on any atom is 0.176 e. The van der Waals surface area contributed by atoms with Gasteiger partial charge in [0.2, 0.25) is 0 Å². The molecule has 7 nitrogen and oxygen atoms in total. The maximum atomic E-state index is 7.92. The molecule has 0 unspecified atom stereocenters. The minimum atomic E-state index is -0.0846. The van der Waals surface area contributed by atoms with Crippen LogP contribution in [0.3, 0.4) is 0 Å². The molecule has 31 heavy (non-hydrogen) atoms. The third kappa shape index (κ3) is 5.81. The van der Waals surface area contributed by atoms with Crippen molar-refractivity contribution in [2.45, 2.75) is 6.42 Å². The number of benzene rings is 2. The topological polar surface area (TPSA) is 126 Å². The number of nitrogens with zero attached hydrogens (tertiary/aromatic N) is 3. The Kier molecular flexibility index (Phi) is 7.59. The summed E-state index contributed by atoms with van der Waals surface area (Å²) in [6.45, 7) is 0.597. The molecule has 0 radical (unpaired) electrons. The first-order valence-corrected chi connectivity index (χ1v) is 10.1. The highest BCUT2D eigenvalue weighted by Crippen LogP contribution is 2.23. The van der Waals surface area contributed by atoms with Crippen LogP contribution in [0.2, 0.25) is 10.0 Å². The molecule has 0 bridgehead atoms. The summed E-state index contributed by atoms with van der Waals surface area (Å²) in [6, 6.07) is 18.3. The van der Waals surface area contributed by atoms with Crippen molar-refractivity contribution in [3.8, 4) is 0 Å². The molecule has 0 atom stereocenters. The summed E-state index contributed by atoms with van der Waals surface area (Å²) in [5.41, 5.74) is 10.5. The van der Waals surface area contributed by atoms with E-state index >= 15 is 0 Å². The number of hydrogen-bond acceptors (Lipinski definition) is 5. The molecule has 0 aliphatic carbocycles. The Hall–Kier alpha value is -3.42. The van der Waals surface area contributed by atoms with Crippen LogP contribution in [-0.2, 0) is 6.42 Å². The Balaban J connectivity index is 1.94. The number of nitrogens with two attached hydrogens (primary N) is 2. The van der Waals surface area contributed by atoms with Crippen LogP contribution >= 0.6 is 23.2 Å². The molecule has 0 saturated heterocycles. The van der Waals surface area contributed by atoms with Crippen molar-refractivity contribution in [3.63, 3.8) is 0 Å². The van der Waals surface area contributed by atoms with Gasteiger partial charge in [-0.05, 0) is 47.9 Å². The Morgan fingerprint density at radius 1 is 1.03 bits per heavy atom.